The molecule has 0 spiro atoms. The number of alkyl halides is 3. The lowest BCUT2D eigenvalue weighted by Crippen LogP contribution is -2.69. The molecule has 3 rings (SSSR count). The van der Waals surface area contributed by atoms with E-state index in [1.807, 2.05) is 5.32 Å². The summed E-state index contributed by atoms with van der Waals surface area (Å²) in [4.78, 5) is 37.7. The van der Waals surface area contributed by atoms with E-state index in [0.29, 0.717) is 30.1 Å². The van der Waals surface area contributed by atoms with Crippen molar-refractivity contribution in [3.8, 4) is 0 Å². The zero-order chi connectivity index (χ0) is 19.7. The smallest absolute Gasteiger partial charge is 0.318 e. The second kappa shape index (κ2) is 7.67. The topological polar surface area (TPSA) is 78.5 Å². The summed E-state index contributed by atoms with van der Waals surface area (Å²) in [7, 11) is 0. The molecule has 0 aromatic rings. The Hall–Kier alpha value is -1.80. The average molecular weight is 389 g/mol. The molecular weight excluding hydrogens is 363 g/mol. The van der Waals surface area contributed by atoms with Crippen molar-refractivity contribution >= 4 is 17.8 Å². The van der Waals surface area contributed by atoms with Crippen molar-refractivity contribution in [1.82, 2.24) is 15.5 Å². The van der Waals surface area contributed by atoms with Gasteiger partial charge in [-0.2, -0.15) is 13.2 Å². The number of nitrogens with one attached hydrogen (secondary N) is 2. The van der Waals surface area contributed by atoms with E-state index in [1.54, 1.807) is 5.32 Å². The predicted molar refractivity (Wildman–Crippen MR) is 90.4 cm³/mol. The Kier molecular flexibility index (Phi) is 5.67. The fourth-order valence-corrected chi connectivity index (χ4v) is 4.47. The molecule has 152 valence electrons. The zero-order valence-corrected chi connectivity index (χ0v) is 15.2. The molecular formula is C18H26F3N3O3. The second-order valence-electron chi connectivity index (χ2n) is 7.88. The fourth-order valence-electron chi connectivity index (χ4n) is 4.47. The maximum Gasteiger partial charge on any atom is 0.440 e. The minimum absolute atomic E-state index is 0.0882. The van der Waals surface area contributed by atoms with E-state index in [-0.39, 0.29) is 6.42 Å². The van der Waals surface area contributed by atoms with Gasteiger partial charge in [0, 0.05) is 12.5 Å². The minimum Gasteiger partial charge on any atom is -0.318 e. The van der Waals surface area contributed by atoms with Crippen molar-refractivity contribution in [2.24, 2.45) is 5.92 Å². The van der Waals surface area contributed by atoms with E-state index in [0.717, 1.165) is 44.9 Å². The first-order valence-corrected chi connectivity index (χ1v) is 9.78. The number of urea groups is 1. The van der Waals surface area contributed by atoms with Gasteiger partial charge in [-0.3, -0.25) is 19.8 Å². The number of nitrogens with zero attached hydrogens (tertiary/aromatic N) is 1. The number of rotatable bonds is 5. The normalized spacial score (nSPS) is 27.9. The Balaban J connectivity index is 1.70. The monoisotopic (exact) mass is 389 g/mol. The highest BCUT2D eigenvalue weighted by atomic mass is 19.4. The lowest BCUT2D eigenvalue weighted by molar-refractivity contribution is -0.204. The van der Waals surface area contributed by atoms with Crippen molar-refractivity contribution in [2.75, 3.05) is 0 Å². The summed E-state index contributed by atoms with van der Waals surface area (Å²) in [6.07, 6.45) is 3.03. The summed E-state index contributed by atoms with van der Waals surface area (Å²) >= 11 is 0. The second-order valence-corrected chi connectivity index (χ2v) is 7.88. The van der Waals surface area contributed by atoms with Gasteiger partial charge in [-0.25, -0.2) is 4.79 Å². The first-order chi connectivity index (χ1) is 12.7. The lowest BCUT2D eigenvalue weighted by atomic mass is 9.86. The summed E-state index contributed by atoms with van der Waals surface area (Å²) < 4.78 is 41.3. The molecule has 0 aromatic carbocycles. The Morgan fingerprint density at radius 2 is 1.67 bits per heavy atom. The summed E-state index contributed by atoms with van der Waals surface area (Å²) in [5, 5.41) is 3.55. The van der Waals surface area contributed by atoms with Crippen LogP contribution in [0.5, 0.6) is 0 Å². The van der Waals surface area contributed by atoms with Crippen LogP contribution in [0.25, 0.3) is 0 Å². The van der Waals surface area contributed by atoms with Crippen LogP contribution in [0.2, 0.25) is 0 Å². The zero-order valence-electron chi connectivity index (χ0n) is 15.2. The molecule has 0 radical (unpaired) electrons. The van der Waals surface area contributed by atoms with Crippen molar-refractivity contribution in [1.29, 1.82) is 0 Å². The number of amides is 4. The van der Waals surface area contributed by atoms with Gasteiger partial charge in [0.25, 0.3) is 11.6 Å². The van der Waals surface area contributed by atoms with E-state index < -0.39 is 35.7 Å². The summed E-state index contributed by atoms with van der Waals surface area (Å²) in [6, 6.07) is -1.63. The molecule has 3 fully saturated rings. The third-order valence-electron chi connectivity index (χ3n) is 6.00. The Morgan fingerprint density at radius 3 is 2.26 bits per heavy atom. The maximum atomic E-state index is 13.8. The number of hydrogen-bond acceptors (Lipinski definition) is 3. The molecule has 3 aliphatic rings. The third kappa shape index (κ3) is 3.91. The molecule has 1 saturated heterocycles. The molecule has 2 N–H and O–H groups in total. The Bertz CT molecular complexity index is 598. The van der Waals surface area contributed by atoms with Crippen molar-refractivity contribution in [2.45, 2.75) is 88.5 Å². The van der Waals surface area contributed by atoms with Gasteiger partial charge in [0.05, 0.1) is 0 Å². The highest BCUT2D eigenvalue weighted by molar-refractivity contribution is 6.09. The summed E-state index contributed by atoms with van der Waals surface area (Å²) in [6.45, 7) is 0. The first-order valence-electron chi connectivity index (χ1n) is 9.78. The SMILES string of the molecule is O=C(CCC1CCCCC1)N[C@@]1(C(F)(F)F)NC(=O)N(C2CCCC2)C1=O. The van der Waals surface area contributed by atoms with Crippen LogP contribution in [0.15, 0.2) is 0 Å². The lowest BCUT2D eigenvalue weighted by Gasteiger charge is -2.31. The van der Waals surface area contributed by atoms with E-state index in [4.69, 9.17) is 0 Å². The maximum absolute atomic E-state index is 13.8. The third-order valence-corrected chi connectivity index (χ3v) is 6.00. The molecule has 4 amide bonds. The van der Waals surface area contributed by atoms with Gasteiger partial charge >= 0.3 is 12.2 Å². The summed E-state index contributed by atoms with van der Waals surface area (Å²) in [5.41, 5.74) is -3.35. The largest absolute Gasteiger partial charge is 0.440 e. The first kappa shape index (κ1) is 19.9. The van der Waals surface area contributed by atoms with Gasteiger partial charge in [0.1, 0.15) is 0 Å². The van der Waals surface area contributed by atoms with E-state index in [2.05, 4.69) is 0 Å². The van der Waals surface area contributed by atoms with E-state index >= 15 is 0 Å². The molecule has 0 unspecified atom stereocenters. The van der Waals surface area contributed by atoms with Crippen LogP contribution in [0.4, 0.5) is 18.0 Å². The van der Waals surface area contributed by atoms with Gasteiger partial charge in [-0.05, 0) is 25.2 Å². The van der Waals surface area contributed by atoms with Crippen LogP contribution in [0, 0.1) is 5.92 Å². The van der Waals surface area contributed by atoms with E-state index in [1.165, 1.54) is 0 Å². The molecule has 9 heteroatoms. The molecule has 0 bridgehead atoms. The Morgan fingerprint density at radius 1 is 1.07 bits per heavy atom. The van der Waals surface area contributed by atoms with Crippen LogP contribution in [-0.4, -0.2) is 40.6 Å². The standard InChI is InChI=1S/C18H26F3N3O3/c19-18(20,21)17(22-14(25)11-10-12-6-2-1-3-7-12)15(26)24(16(27)23-17)13-8-4-5-9-13/h12-13H,1-11H2,(H,22,25)(H,23,27)/t17-/m1/s1. The van der Waals surface area contributed by atoms with Crippen LogP contribution >= 0.6 is 0 Å². The predicted octanol–water partition coefficient (Wildman–Crippen LogP) is 3.22. The molecule has 1 heterocycles. The fraction of sp³-hybridized carbons (Fsp3) is 0.833. The number of carbonyl (C=O) groups is 3. The average Bonchev–Trinajstić information content (AvgIpc) is 3.21. The van der Waals surface area contributed by atoms with Gasteiger partial charge in [-0.15, -0.1) is 0 Å². The van der Waals surface area contributed by atoms with Crippen molar-refractivity contribution < 1.29 is 27.6 Å². The van der Waals surface area contributed by atoms with Crippen molar-refractivity contribution in [3.05, 3.63) is 0 Å². The number of hydrogen-bond donors (Lipinski definition) is 2. The van der Waals surface area contributed by atoms with Crippen LogP contribution in [-0.2, 0) is 9.59 Å². The van der Waals surface area contributed by atoms with Crippen LogP contribution < -0.4 is 10.6 Å². The highest BCUT2D eigenvalue weighted by Crippen LogP contribution is 2.37. The van der Waals surface area contributed by atoms with Crippen LogP contribution in [0.1, 0.15) is 70.6 Å². The van der Waals surface area contributed by atoms with Gasteiger partial charge in [0.2, 0.25) is 5.91 Å². The summed E-state index contributed by atoms with van der Waals surface area (Å²) in [5.74, 6) is -1.95. The van der Waals surface area contributed by atoms with Gasteiger partial charge < -0.3 is 5.32 Å². The molecule has 1 aliphatic heterocycles. The van der Waals surface area contributed by atoms with Gasteiger partial charge in [-0.1, -0.05) is 44.9 Å². The number of carbonyl (C=O) groups excluding carboxylic acids is 3. The van der Waals surface area contributed by atoms with Crippen molar-refractivity contribution in [3.63, 3.8) is 0 Å². The minimum atomic E-state index is -5.12. The quantitative estimate of drug-likeness (QED) is 0.709. The molecule has 0 aromatic heterocycles. The molecule has 2 saturated carbocycles. The van der Waals surface area contributed by atoms with Gasteiger partial charge in [0.15, 0.2) is 0 Å². The van der Waals surface area contributed by atoms with Crippen LogP contribution in [0.3, 0.4) is 0 Å². The number of halogens is 3. The Labute approximate surface area is 156 Å². The molecule has 27 heavy (non-hydrogen) atoms. The van der Waals surface area contributed by atoms with E-state index in [9.17, 15) is 27.6 Å². The highest BCUT2D eigenvalue weighted by Gasteiger charge is 2.69. The molecule has 1 atom stereocenters. The molecule has 2 aliphatic carbocycles. The number of imide groups is 1. The molecule has 6 nitrogen and oxygen atoms in total.